The second kappa shape index (κ2) is 5.70. The van der Waals surface area contributed by atoms with E-state index in [0.29, 0.717) is 26.3 Å². The van der Waals surface area contributed by atoms with Gasteiger partial charge < -0.3 is 14.4 Å². The number of carbonyl (C=O) groups is 2. The fourth-order valence-electron chi connectivity index (χ4n) is 1.52. The van der Waals surface area contributed by atoms with Crippen LogP contribution < -0.4 is 0 Å². The van der Waals surface area contributed by atoms with E-state index in [1.807, 2.05) is 6.92 Å². The van der Waals surface area contributed by atoms with Crippen LogP contribution in [0.25, 0.3) is 0 Å². The van der Waals surface area contributed by atoms with Gasteiger partial charge in [0.05, 0.1) is 19.6 Å². The lowest BCUT2D eigenvalue weighted by molar-refractivity contribution is -0.161. The van der Waals surface area contributed by atoms with E-state index in [0.717, 1.165) is 0 Å². The third-order valence-electron chi connectivity index (χ3n) is 2.31. The number of morpholine rings is 1. The molecule has 1 unspecified atom stereocenters. The highest BCUT2D eigenvalue weighted by atomic mass is 16.5. The van der Waals surface area contributed by atoms with Gasteiger partial charge in [0.25, 0.3) is 5.91 Å². The van der Waals surface area contributed by atoms with E-state index >= 15 is 0 Å². The fourth-order valence-corrected chi connectivity index (χ4v) is 1.52. The lowest BCUT2D eigenvalue weighted by Crippen LogP contribution is -2.48. The molecule has 86 valence electrons. The largest absolute Gasteiger partial charge is 0.466 e. The second-order valence-electron chi connectivity index (χ2n) is 3.29. The van der Waals surface area contributed by atoms with Crippen LogP contribution in [0, 0.1) is 0 Å². The summed E-state index contributed by atoms with van der Waals surface area (Å²) in [6, 6.07) is 0. The van der Waals surface area contributed by atoms with Crippen LogP contribution in [0.1, 0.15) is 20.3 Å². The Morgan fingerprint density at radius 1 is 1.60 bits per heavy atom. The highest BCUT2D eigenvalue weighted by Crippen LogP contribution is 2.10. The second-order valence-corrected chi connectivity index (χ2v) is 3.29. The maximum absolute atomic E-state index is 11.7. The van der Waals surface area contributed by atoms with E-state index in [2.05, 4.69) is 0 Å². The standard InChI is InChI=1S/C10H17NO4/c1-3-11-5-6-15-8(10(11)13)7-9(12)14-4-2/h8H,3-7H2,1-2H3. The third kappa shape index (κ3) is 3.20. The van der Waals surface area contributed by atoms with E-state index in [9.17, 15) is 9.59 Å². The summed E-state index contributed by atoms with van der Waals surface area (Å²) in [4.78, 5) is 24.6. The first-order chi connectivity index (χ1) is 7.19. The lowest BCUT2D eigenvalue weighted by Gasteiger charge is -2.31. The summed E-state index contributed by atoms with van der Waals surface area (Å²) in [6.07, 6.45) is -0.638. The number of esters is 1. The Labute approximate surface area is 89.3 Å². The molecule has 0 aromatic rings. The highest BCUT2D eigenvalue weighted by Gasteiger charge is 2.30. The van der Waals surface area contributed by atoms with Crippen LogP contribution in [0.4, 0.5) is 0 Å². The van der Waals surface area contributed by atoms with Crippen molar-refractivity contribution >= 4 is 11.9 Å². The van der Waals surface area contributed by atoms with Crippen LogP contribution in [0.3, 0.4) is 0 Å². The van der Waals surface area contributed by atoms with E-state index < -0.39 is 6.10 Å². The van der Waals surface area contributed by atoms with Gasteiger partial charge in [0.1, 0.15) is 6.10 Å². The summed E-state index contributed by atoms with van der Waals surface area (Å²) in [7, 11) is 0. The zero-order chi connectivity index (χ0) is 11.3. The average Bonchev–Trinajstić information content (AvgIpc) is 2.21. The van der Waals surface area contributed by atoms with Crippen LogP contribution >= 0.6 is 0 Å². The Morgan fingerprint density at radius 3 is 2.93 bits per heavy atom. The summed E-state index contributed by atoms with van der Waals surface area (Å²) in [5.74, 6) is -0.495. The molecule has 1 amide bonds. The maximum Gasteiger partial charge on any atom is 0.308 e. The van der Waals surface area contributed by atoms with Gasteiger partial charge in [-0.15, -0.1) is 0 Å². The summed E-state index contributed by atoms with van der Waals surface area (Å²) >= 11 is 0. The first-order valence-corrected chi connectivity index (χ1v) is 5.25. The molecule has 0 saturated carbocycles. The van der Waals surface area contributed by atoms with Crippen LogP contribution in [-0.4, -0.2) is 49.2 Å². The number of ether oxygens (including phenoxy) is 2. The van der Waals surface area contributed by atoms with Crippen LogP contribution in [0.5, 0.6) is 0 Å². The van der Waals surface area contributed by atoms with Crippen LogP contribution in [-0.2, 0) is 19.1 Å². The van der Waals surface area contributed by atoms with E-state index in [-0.39, 0.29) is 18.3 Å². The summed E-state index contributed by atoms with van der Waals surface area (Å²) < 4.78 is 10.0. The molecule has 1 rings (SSSR count). The van der Waals surface area contributed by atoms with E-state index in [4.69, 9.17) is 9.47 Å². The Kier molecular flexibility index (Phi) is 4.55. The molecule has 0 bridgehead atoms. The van der Waals surface area contributed by atoms with Gasteiger partial charge in [-0.3, -0.25) is 9.59 Å². The van der Waals surface area contributed by atoms with Crippen molar-refractivity contribution in [2.75, 3.05) is 26.3 Å². The molecule has 0 aromatic heterocycles. The Hall–Kier alpha value is -1.10. The molecular weight excluding hydrogens is 198 g/mol. The fraction of sp³-hybridized carbons (Fsp3) is 0.800. The molecular formula is C10H17NO4. The molecule has 0 aliphatic carbocycles. The van der Waals surface area contributed by atoms with Crippen molar-refractivity contribution in [3.8, 4) is 0 Å². The van der Waals surface area contributed by atoms with Gasteiger partial charge >= 0.3 is 5.97 Å². The van der Waals surface area contributed by atoms with Gasteiger partial charge in [0, 0.05) is 13.1 Å². The number of likely N-dealkylation sites (N-methyl/N-ethyl adjacent to an activating group) is 1. The van der Waals surface area contributed by atoms with Crippen molar-refractivity contribution in [1.29, 1.82) is 0 Å². The molecule has 1 saturated heterocycles. The lowest BCUT2D eigenvalue weighted by atomic mass is 10.2. The molecule has 1 aliphatic rings. The third-order valence-corrected chi connectivity index (χ3v) is 2.31. The maximum atomic E-state index is 11.7. The van der Waals surface area contributed by atoms with Crippen molar-refractivity contribution in [3.63, 3.8) is 0 Å². The minimum Gasteiger partial charge on any atom is -0.466 e. The van der Waals surface area contributed by atoms with Crippen LogP contribution in [0.15, 0.2) is 0 Å². The number of rotatable bonds is 4. The Balaban J connectivity index is 2.47. The van der Waals surface area contributed by atoms with Crippen molar-refractivity contribution in [2.45, 2.75) is 26.4 Å². The summed E-state index contributed by atoms with van der Waals surface area (Å²) in [5.41, 5.74) is 0. The molecule has 0 radical (unpaired) electrons. The Bertz CT molecular complexity index is 242. The predicted octanol–water partition coefficient (Wildman–Crippen LogP) is 0.187. The molecule has 1 atom stereocenters. The van der Waals surface area contributed by atoms with Gasteiger partial charge in [-0.05, 0) is 13.8 Å². The highest BCUT2D eigenvalue weighted by molar-refractivity contribution is 5.86. The first kappa shape index (κ1) is 12.0. The quantitative estimate of drug-likeness (QED) is 0.628. The number of nitrogens with zero attached hydrogens (tertiary/aromatic N) is 1. The van der Waals surface area contributed by atoms with Gasteiger partial charge in [-0.2, -0.15) is 0 Å². The van der Waals surface area contributed by atoms with Gasteiger partial charge in [-0.1, -0.05) is 0 Å². The SMILES string of the molecule is CCOC(=O)CC1OCCN(CC)C1=O. The average molecular weight is 215 g/mol. The molecule has 1 aliphatic heterocycles. The minimum atomic E-state index is -0.655. The predicted molar refractivity (Wildman–Crippen MR) is 53.2 cm³/mol. The van der Waals surface area contributed by atoms with Gasteiger partial charge in [0.2, 0.25) is 0 Å². The zero-order valence-electron chi connectivity index (χ0n) is 9.19. The smallest absolute Gasteiger partial charge is 0.308 e. The molecule has 1 fully saturated rings. The number of carbonyl (C=O) groups excluding carboxylic acids is 2. The van der Waals surface area contributed by atoms with Crippen molar-refractivity contribution in [2.24, 2.45) is 0 Å². The summed E-state index contributed by atoms with van der Waals surface area (Å²) in [6.45, 7) is 5.72. The Morgan fingerprint density at radius 2 is 2.33 bits per heavy atom. The van der Waals surface area contributed by atoms with Crippen molar-refractivity contribution in [1.82, 2.24) is 4.90 Å². The summed E-state index contributed by atoms with van der Waals surface area (Å²) in [5, 5.41) is 0. The molecule has 1 heterocycles. The molecule has 15 heavy (non-hydrogen) atoms. The van der Waals surface area contributed by atoms with Gasteiger partial charge in [-0.25, -0.2) is 0 Å². The minimum absolute atomic E-state index is 0.0170. The number of hydrogen-bond donors (Lipinski definition) is 0. The first-order valence-electron chi connectivity index (χ1n) is 5.25. The van der Waals surface area contributed by atoms with Crippen molar-refractivity contribution in [3.05, 3.63) is 0 Å². The molecule has 5 nitrogen and oxygen atoms in total. The monoisotopic (exact) mass is 215 g/mol. The number of amides is 1. The van der Waals surface area contributed by atoms with Crippen molar-refractivity contribution < 1.29 is 19.1 Å². The van der Waals surface area contributed by atoms with E-state index in [1.54, 1.807) is 11.8 Å². The molecule has 0 aromatic carbocycles. The van der Waals surface area contributed by atoms with Crippen LogP contribution in [0.2, 0.25) is 0 Å². The molecule has 0 N–H and O–H groups in total. The van der Waals surface area contributed by atoms with E-state index in [1.165, 1.54) is 0 Å². The topological polar surface area (TPSA) is 55.8 Å². The number of hydrogen-bond acceptors (Lipinski definition) is 4. The molecule has 5 heteroatoms. The normalized spacial score (nSPS) is 21.6. The molecule has 0 spiro atoms. The van der Waals surface area contributed by atoms with Gasteiger partial charge in [0.15, 0.2) is 0 Å². The zero-order valence-corrected chi connectivity index (χ0v) is 9.19.